The highest BCUT2D eigenvalue weighted by Gasteiger charge is 2.14. The molecule has 2 rings (SSSR count). The van der Waals surface area contributed by atoms with E-state index in [1.165, 1.54) is 0 Å². The van der Waals surface area contributed by atoms with Gasteiger partial charge in [-0.05, 0) is 31.5 Å². The first kappa shape index (κ1) is 14.8. The molecule has 3 N–H and O–H groups in total. The monoisotopic (exact) mass is 295 g/mol. The van der Waals surface area contributed by atoms with Crippen LogP contribution in [-0.2, 0) is 24.8 Å². The van der Waals surface area contributed by atoms with Gasteiger partial charge in [-0.25, -0.2) is 0 Å². The van der Waals surface area contributed by atoms with E-state index >= 15 is 0 Å². The van der Waals surface area contributed by atoms with E-state index in [0.717, 1.165) is 49.1 Å². The zero-order valence-corrected chi connectivity index (χ0v) is 12.8. The van der Waals surface area contributed by atoms with Gasteiger partial charge < -0.3 is 15.3 Å². The van der Waals surface area contributed by atoms with Crippen molar-refractivity contribution in [2.45, 2.75) is 45.6 Å². The van der Waals surface area contributed by atoms with Crippen LogP contribution in [0.3, 0.4) is 0 Å². The van der Waals surface area contributed by atoms with Gasteiger partial charge >= 0.3 is 0 Å². The molecule has 0 atom stereocenters. The Morgan fingerprint density at radius 2 is 2.20 bits per heavy atom. The average molecular weight is 295 g/mol. The predicted molar refractivity (Wildman–Crippen MR) is 80.9 cm³/mol. The summed E-state index contributed by atoms with van der Waals surface area (Å²) in [6, 6.07) is 0. The summed E-state index contributed by atoms with van der Waals surface area (Å²) in [5.74, 6) is -0.251. The Labute approximate surface area is 123 Å². The minimum Gasteiger partial charge on any atom is -0.370 e. The van der Waals surface area contributed by atoms with E-state index in [9.17, 15) is 4.79 Å². The summed E-state index contributed by atoms with van der Waals surface area (Å²) in [6.07, 6.45) is 4.07. The van der Waals surface area contributed by atoms with Gasteiger partial charge in [-0.15, -0.1) is 0 Å². The lowest BCUT2D eigenvalue weighted by Gasteiger charge is -2.04. The fourth-order valence-corrected chi connectivity index (χ4v) is 2.75. The number of nitrogens with zero attached hydrogens (tertiary/aromatic N) is 3. The maximum atomic E-state index is 10.7. The Hall–Kier alpha value is -1.63. The molecule has 0 bridgehead atoms. The molecule has 1 amide bonds. The number of aromatic amines is 1. The molecule has 2 aromatic rings. The molecule has 0 aromatic carbocycles. The van der Waals surface area contributed by atoms with Crippen molar-refractivity contribution < 1.29 is 4.79 Å². The zero-order chi connectivity index (χ0) is 14.7. The third-order valence-electron chi connectivity index (χ3n) is 3.36. The number of hydrogen-bond acceptors (Lipinski definition) is 3. The normalized spacial score (nSPS) is 11.3. The van der Waals surface area contributed by atoms with Crippen LogP contribution in [0, 0.1) is 4.77 Å². The first-order valence-electron chi connectivity index (χ1n) is 6.97. The Morgan fingerprint density at radius 3 is 2.85 bits per heavy atom. The third-order valence-corrected chi connectivity index (χ3v) is 3.69. The molecule has 7 heteroatoms. The molecule has 0 aliphatic heterocycles. The van der Waals surface area contributed by atoms with Gasteiger partial charge in [-0.2, -0.15) is 5.10 Å². The lowest BCUT2D eigenvalue weighted by Crippen LogP contribution is -2.10. The fraction of sp³-hybridized carbons (Fsp3) is 0.615. The number of aromatic nitrogens is 4. The molecule has 0 saturated carbocycles. The van der Waals surface area contributed by atoms with Gasteiger partial charge in [-0.1, -0.05) is 13.3 Å². The van der Waals surface area contributed by atoms with Crippen LogP contribution in [0.4, 0.5) is 0 Å². The number of aryl methyl sites for hydroxylation is 3. The second kappa shape index (κ2) is 6.21. The zero-order valence-electron chi connectivity index (χ0n) is 12.0. The van der Waals surface area contributed by atoms with Crippen molar-refractivity contribution in [3.8, 4) is 0 Å². The van der Waals surface area contributed by atoms with Crippen LogP contribution in [0.5, 0.6) is 0 Å². The standard InChI is InChI=1S/C13H21N5OS/c1-3-6-9-11-12(17(2)16-9)18(13(20)15-11)8-5-4-7-10(14)19/h3-8H2,1-2H3,(H2,14,19)(H,15,20). The van der Waals surface area contributed by atoms with Crippen molar-refractivity contribution in [3.63, 3.8) is 0 Å². The molecule has 0 aliphatic rings. The molecule has 0 unspecified atom stereocenters. The Kier molecular flexibility index (Phi) is 4.59. The first-order valence-corrected chi connectivity index (χ1v) is 7.38. The molecule has 2 heterocycles. The van der Waals surface area contributed by atoms with E-state index in [1.807, 2.05) is 11.7 Å². The van der Waals surface area contributed by atoms with E-state index in [4.69, 9.17) is 18.0 Å². The van der Waals surface area contributed by atoms with Gasteiger partial charge in [0.2, 0.25) is 5.91 Å². The molecule has 6 nitrogen and oxygen atoms in total. The van der Waals surface area contributed by atoms with Gasteiger partial charge in [0, 0.05) is 20.0 Å². The van der Waals surface area contributed by atoms with Crippen molar-refractivity contribution in [2.24, 2.45) is 12.8 Å². The van der Waals surface area contributed by atoms with Crippen LogP contribution in [0.25, 0.3) is 11.2 Å². The second-order valence-electron chi connectivity index (χ2n) is 5.02. The highest BCUT2D eigenvalue weighted by molar-refractivity contribution is 7.71. The topological polar surface area (TPSA) is 81.6 Å². The van der Waals surface area contributed by atoms with E-state index in [-0.39, 0.29) is 5.91 Å². The fourth-order valence-electron chi connectivity index (χ4n) is 2.47. The number of amides is 1. The van der Waals surface area contributed by atoms with Crippen LogP contribution in [0.2, 0.25) is 0 Å². The number of rotatable bonds is 7. The number of hydrogen-bond donors (Lipinski definition) is 2. The van der Waals surface area contributed by atoms with Crippen LogP contribution in [0.15, 0.2) is 0 Å². The van der Waals surface area contributed by atoms with E-state index in [0.29, 0.717) is 11.2 Å². The molecular formula is C13H21N5OS. The summed E-state index contributed by atoms with van der Waals surface area (Å²) in [7, 11) is 1.93. The smallest absolute Gasteiger partial charge is 0.217 e. The van der Waals surface area contributed by atoms with Crippen LogP contribution >= 0.6 is 12.2 Å². The Bertz CT molecular complexity index is 666. The largest absolute Gasteiger partial charge is 0.370 e. The molecule has 0 radical (unpaired) electrons. The Balaban J connectivity index is 2.22. The maximum absolute atomic E-state index is 10.7. The van der Waals surface area contributed by atoms with E-state index in [2.05, 4.69) is 21.6 Å². The number of H-pyrrole nitrogens is 1. The summed E-state index contributed by atoms with van der Waals surface area (Å²) >= 11 is 5.39. The van der Waals surface area contributed by atoms with Crippen molar-refractivity contribution in [3.05, 3.63) is 10.5 Å². The molecule has 110 valence electrons. The molecule has 0 aliphatic carbocycles. The number of nitrogens with two attached hydrogens (primary N) is 1. The highest BCUT2D eigenvalue weighted by atomic mass is 32.1. The lowest BCUT2D eigenvalue weighted by molar-refractivity contribution is -0.118. The van der Waals surface area contributed by atoms with Crippen molar-refractivity contribution >= 4 is 29.3 Å². The van der Waals surface area contributed by atoms with Crippen molar-refractivity contribution in [2.75, 3.05) is 0 Å². The first-order chi connectivity index (χ1) is 9.54. The van der Waals surface area contributed by atoms with Crippen LogP contribution in [0.1, 0.15) is 38.3 Å². The molecule has 0 spiro atoms. The molecule has 2 aromatic heterocycles. The molecule has 0 saturated heterocycles. The summed E-state index contributed by atoms with van der Waals surface area (Å²) in [5.41, 5.74) is 8.27. The number of unbranched alkanes of at least 4 members (excludes halogenated alkanes) is 1. The van der Waals surface area contributed by atoms with Crippen molar-refractivity contribution in [1.29, 1.82) is 0 Å². The van der Waals surface area contributed by atoms with E-state index < -0.39 is 0 Å². The quantitative estimate of drug-likeness (QED) is 0.606. The molecular weight excluding hydrogens is 274 g/mol. The highest BCUT2D eigenvalue weighted by Crippen LogP contribution is 2.19. The summed E-state index contributed by atoms with van der Waals surface area (Å²) < 4.78 is 4.64. The van der Waals surface area contributed by atoms with Crippen molar-refractivity contribution in [1.82, 2.24) is 19.3 Å². The number of carbonyl (C=O) groups excluding carboxylic acids is 1. The van der Waals surface area contributed by atoms with Gasteiger partial charge in [-0.3, -0.25) is 9.48 Å². The van der Waals surface area contributed by atoms with Gasteiger partial charge in [0.15, 0.2) is 10.4 Å². The maximum Gasteiger partial charge on any atom is 0.217 e. The number of imidazole rings is 1. The summed E-state index contributed by atoms with van der Waals surface area (Å²) in [5, 5.41) is 4.54. The molecule has 0 fully saturated rings. The van der Waals surface area contributed by atoms with Gasteiger partial charge in [0.05, 0.1) is 5.69 Å². The predicted octanol–water partition coefficient (Wildman–Crippen LogP) is 2.04. The number of nitrogens with one attached hydrogen (secondary N) is 1. The minimum atomic E-state index is -0.251. The summed E-state index contributed by atoms with van der Waals surface area (Å²) in [4.78, 5) is 14.0. The van der Waals surface area contributed by atoms with Gasteiger partial charge in [0.1, 0.15) is 5.52 Å². The Morgan fingerprint density at radius 1 is 1.45 bits per heavy atom. The SMILES string of the molecule is CCCc1nn(C)c2c1[nH]c(=S)n2CCCCC(N)=O. The average Bonchev–Trinajstić information content (AvgIpc) is 2.85. The van der Waals surface area contributed by atoms with Crippen LogP contribution < -0.4 is 5.73 Å². The molecule has 20 heavy (non-hydrogen) atoms. The summed E-state index contributed by atoms with van der Waals surface area (Å²) in [6.45, 7) is 2.91. The number of carbonyl (C=O) groups is 1. The third kappa shape index (κ3) is 2.92. The number of fused-ring (bicyclic) bond motifs is 1. The van der Waals surface area contributed by atoms with E-state index in [1.54, 1.807) is 0 Å². The van der Waals surface area contributed by atoms with Crippen LogP contribution in [-0.4, -0.2) is 25.2 Å². The number of primary amides is 1. The lowest BCUT2D eigenvalue weighted by atomic mass is 10.2. The minimum absolute atomic E-state index is 0.251. The second-order valence-corrected chi connectivity index (χ2v) is 5.41. The van der Waals surface area contributed by atoms with Gasteiger partial charge in [0.25, 0.3) is 0 Å².